The van der Waals surface area contributed by atoms with Crippen molar-refractivity contribution in [3.63, 3.8) is 0 Å². The minimum absolute atomic E-state index is 0.0256. The lowest BCUT2D eigenvalue weighted by Crippen LogP contribution is -2.21. The molecule has 2 aromatic carbocycles. The lowest BCUT2D eigenvalue weighted by molar-refractivity contribution is 0.0695. The Balaban J connectivity index is 1.71. The van der Waals surface area contributed by atoms with Crippen LogP contribution in [0.15, 0.2) is 66.6 Å². The third-order valence-electron chi connectivity index (χ3n) is 5.59. The number of hydrogen-bond donors (Lipinski definition) is 3. The number of carboxylic acid groups (broad SMARTS) is 1. The molecule has 4 rings (SSSR count). The van der Waals surface area contributed by atoms with Crippen LogP contribution in [0.4, 0.5) is 0 Å². The number of rotatable bonds is 8. The van der Waals surface area contributed by atoms with Gasteiger partial charge in [0.1, 0.15) is 11.3 Å². The Labute approximate surface area is 193 Å². The first kappa shape index (κ1) is 22.4. The number of allylic oxidation sites excluding steroid dienone is 1. The molecule has 3 aromatic rings. The number of benzene rings is 2. The highest BCUT2D eigenvalue weighted by Gasteiger charge is 2.45. The lowest BCUT2D eigenvalue weighted by atomic mass is 10.0. The summed E-state index contributed by atoms with van der Waals surface area (Å²) in [6.45, 7) is 3.98. The Hall–Kier alpha value is -3.78. The Morgan fingerprint density at radius 1 is 1.24 bits per heavy atom. The van der Waals surface area contributed by atoms with Crippen molar-refractivity contribution in [2.24, 2.45) is 17.5 Å². The maximum absolute atomic E-state index is 11.9. The summed E-state index contributed by atoms with van der Waals surface area (Å²) < 4.78 is 7.54. The quantitative estimate of drug-likeness (QED) is 0.355. The van der Waals surface area contributed by atoms with Crippen molar-refractivity contribution in [1.82, 2.24) is 14.8 Å². The number of aromatic carboxylic acids is 1. The molecular weight excluding hydrogens is 418 g/mol. The SMILES string of the molecule is CC(C)Oc1cccc(-c2cccc(-n3ncc(C(=O)O)c3C3CC3/C(N)=C/N(C)N)c2)c1. The van der Waals surface area contributed by atoms with Gasteiger partial charge in [0.15, 0.2) is 0 Å². The summed E-state index contributed by atoms with van der Waals surface area (Å²) in [6.07, 6.45) is 3.90. The number of nitrogens with two attached hydrogens (primary N) is 2. The van der Waals surface area contributed by atoms with Crippen LogP contribution in [-0.2, 0) is 0 Å². The topological polar surface area (TPSA) is 120 Å². The maximum atomic E-state index is 11.9. The first-order valence-electron chi connectivity index (χ1n) is 10.9. The van der Waals surface area contributed by atoms with Crippen LogP contribution in [0.25, 0.3) is 16.8 Å². The van der Waals surface area contributed by atoms with Gasteiger partial charge in [-0.05, 0) is 55.7 Å². The number of aromatic nitrogens is 2. The standard InChI is InChI=1S/C25H29N5O3/c1-15(2)33-19-9-5-7-17(11-19)16-6-4-8-18(10-16)30-24(22(13-28-30)25(31)32)21-12-20(21)23(26)14-29(3)27/h4-11,13-15,20-21H,12,26-27H2,1-3H3,(H,31,32)/b23-14-. The average Bonchev–Trinajstić information content (AvgIpc) is 3.43. The van der Waals surface area contributed by atoms with Crippen LogP contribution in [0.1, 0.15) is 42.2 Å². The number of hydrazine groups is 1. The van der Waals surface area contributed by atoms with Crippen LogP contribution >= 0.6 is 0 Å². The van der Waals surface area contributed by atoms with Crippen LogP contribution in [0.3, 0.4) is 0 Å². The molecule has 0 saturated heterocycles. The van der Waals surface area contributed by atoms with Crippen LogP contribution < -0.4 is 16.3 Å². The van der Waals surface area contributed by atoms with E-state index in [2.05, 4.69) is 5.10 Å². The van der Waals surface area contributed by atoms with Gasteiger partial charge in [0, 0.05) is 30.8 Å². The van der Waals surface area contributed by atoms with Gasteiger partial charge in [-0.3, -0.25) is 0 Å². The predicted octanol–water partition coefficient (Wildman–Crippen LogP) is 3.73. The van der Waals surface area contributed by atoms with Crippen molar-refractivity contribution in [3.8, 4) is 22.6 Å². The van der Waals surface area contributed by atoms with E-state index >= 15 is 0 Å². The van der Waals surface area contributed by atoms with E-state index in [1.165, 1.54) is 11.2 Å². The van der Waals surface area contributed by atoms with Gasteiger partial charge in [0.25, 0.3) is 0 Å². The number of carbonyl (C=O) groups is 1. The third-order valence-corrected chi connectivity index (χ3v) is 5.59. The second-order valence-electron chi connectivity index (χ2n) is 8.65. The highest BCUT2D eigenvalue weighted by molar-refractivity contribution is 5.89. The first-order valence-corrected chi connectivity index (χ1v) is 10.9. The van der Waals surface area contributed by atoms with Gasteiger partial charge in [0.2, 0.25) is 0 Å². The van der Waals surface area contributed by atoms with Crippen molar-refractivity contribution in [3.05, 3.63) is 77.9 Å². The number of hydrogen-bond acceptors (Lipinski definition) is 6. The van der Waals surface area contributed by atoms with Crippen molar-refractivity contribution in [1.29, 1.82) is 0 Å². The fourth-order valence-electron chi connectivity index (χ4n) is 4.12. The number of carboxylic acids is 1. The fraction of sp³-hybridized carbons (Fsp3) is 0.280. The largest absolute Gasteiger partial charge is 0.491 e. The van der Waals surface area contributed by atoms with E-state index in [1.807, 2.05) is 62.4 Å². The Morgan fingerprint density at radius 2 is 1.94 bits per heavy atom. The molecule has 0 spiro atoms. The second-order valence-corrected chi connectivity index (χ2v) is 8.65. The minimum atomic E-state index is -1.00. The normalized spacial score (nSPS) is 17.8. The first-order chi connectivity index (χ1) is 15.7. The summed E-state index contributed by atoms with van der Waals surface area (Å²) in [7, 11) is 1.70. The van der Waals surface area contributed by atoms with Gasteiger partial charge >= 0.3 is 5.97 Å². The summed E-state index contributed by atoms with van der Waals surface area (Å²) in [5.74, 6) is 5.47. The van der Waals surface area contributed by atoms with E-state index in [9.17, 15) is 9.90 Å². The fourth-order valence-corrected chi connectivity index (χ4v) is 4.12. The molecule has 8 nitrogen and oxygen atoms in total. The summed E-state index contributed by atoms with van der Waals surface area (Å²) >= 11 is 0. The van der Waals surface area contributed by atoms with E-state index < -0.39 is 5.97 Å². The molecule has 8 heteroatoms. The van der Waals surface area contributed by atoms with Crippen molar-refractivity contribution in [2.45, 2.75) is 32.3 Å². The average molecular weight is 448 g/mol. The molecule has 1 aliphatic rings. The molecule has 0 radical (unpaired) electrons. The monoisotopic (exact) mass is 447 g/mol. The zero-order chi connectivity index (χ0) is 23.7. The van der Waals surface area contributed by atoms with Crippen LogP contribution in [0.2, 0.25) is 0 Å². The van der Waals surface area contributed by atoms with Gasteiger partial charge in [-0.25, -0.2) is 15.3 Å². The lowest BCUT2D eigenvalue weighted by Gasteiger charge is -2.13. The van der Waals surface area contributed by atoms with Crippen LogP contribution in [-0.4, -0.2) is 39.0 Å². The molecule has 1 fully saturated rings. The molecular formula is C25H29N5O3. The molecule has 0 amide bonds. The highest BCUT2D eigenvalue weighted by Crippen LogP contribution is 2.51. The zero-order valence-electron chi connectivity index (χ0n) is 19.0. The molecule has 5 N–H and O–H groups in total. The molecule has 0 bridgehead atoms. The highest BCUT2D eigenvalue weighted by atomic mass is 16.5. The van der Waals surface area contributed by atoms with Crippen molar-refractivity contribution >= 4 is 5.97 Å². The summed E-state index contributed by atoms with van der Waals surface area (Å²) in [5, 5.41) is 15.6. The molecule has 2 atom stereocenters. The molecule has 1 saturated carbocycles. The Bertz CT molecular complexity index is 1200. The Morgan fingerprint density at radius 3 is 2.61 bits per heavy atom. The van der Waals surface area contributed by atoms with Gasteiger partial charge in [-0.2, -0.15) is 5.10 Å². The van der Waals surface area contributed by atoms with E-state index in [1.54, 1.807) is 17.9 Å². The van der Waals surface area contributed by atoms with E-state index in [4.69, 9.17) is 16.3 Å². The second kappa shape index (κ2) is 8.99. The molecule has 1 aromatic heterocycles. The van der Waals surface area contributed by atoms with Crippen LogP contribution in [0.5, 0.6) is 5.75 Å². The predicted molar refractivity (Wildman–Crippen MR) is 127 cm³/mol. The van der Waals surface area contributed by atoms with Crippen molar-refractivity contribution in [2.75, 3.05) is 7.05 Å². The molecule has 0 aliphatic heterocycles. The van der Waals surface area contributed by atoms with E-state index in [0.29, 0.717) is 11.4 Å². The van der Waals surface area contributed by atoms with E-state index in [-0.39, 0.29) is 23.5 Å². The number of ether oxygens (including phenoxy) is 1. The summed E-state index contributed by atoms with van der Waals surface area (Å²) in [6, 6.07) is 15.8. The van der Waals surface area contributed by atoms with Gasteiger partial charge in [0.05, 0.1) is 23.7 Å². The smallest absolute Gasteiger partial charge is 0.339 e. The van der Waals surface area contributed by atoms with Gasteiger partial charge in [-0.1, -0.05) is 24.3 Å². The maximum Gasteiger partial charge on any atom is 0.339 e. The minimum Gasteiger partial charge on any atom is -0.491 e. The van der Waals surface area contributed by atoms with Gasteiger partial charge < -0.3 is 20.6 Å². The van der Waals surface area contributed by atoms with E-state index in [0.717, 1.165) is 29.0 Å². The third kappa shape index (κ3) is 4.85. The number of nitrogens with zero attached hydrogens (tertiary/aromatic N) is 3. The van der Waals surface area contributed by atoms with Crippen molar-refractivity contribution < 1.29 is 14.6 Å². The summed E-state index contributed by atoms with van der Waals surface area (Å²) in [5.41, 5.74) is 10.4. The Kier molecular flexibility index (Phi) is 6.11. The molecule has 1 heterocycles. The molecule has 33 heavy (non-hydrogen) atoms. The van der Waals surface area contributed by atoms with Gasteiger partial charge in [-0.15, -0.1) is 0 Å². The molecule has 172 valence electrons. The zero-order valence-corrected chi connectivity index (χ0v) is 19.0. The molecule has 2 unspecified atom stereocenters. The molecule has 1 aliphatic carbocycles. The van der Waals surface area contributed by atoms with Crippen LogP contribution in [0, 0.1) is 5.92 Å². The summed E-state index contributed by atoms with van der Waals surface area (Å²) in [4.78, 5) is 11.9.